The number of hydrogen-bond donors (Lipinski definition) is 0. The van der Waals surface area contributed by atoms with Crippen LogP contribution >= 0.6 is 0 Å². The molecular formula is C28H42O6S2. The van der Waals surface area contributed by atoms with E-state index < -0.39 is 20.2 Å². The Bertz CT molecular complexity index is 986. The molecule has 0 unspecified atom stereocenters. The standard InChI is InChI=1S/C28H42O6S2/c1-25-15-19-27(20-16-25)35(29,30)33-23-13-11-9-7-5-3-4-6-8-10-12-14-24-34-36(31,32)28-21-17-26(2)18-22-28/h15-22H,3-14,23-24H2,1-2H3. The van der Waals surface area contributed by atoms with Gasteiger partial charge in [-0.15, -0.1) is 0 Å². The fourth-order valence-corrected chi connectivity index (χ4v) is 5.74. The first-order chi connectivity index (χ1) is 17.2. The van der Waals surface area contributed by atoms with Gasteiger partial charge in [0.2, 0.25) is 0 Å². The molecular weight excluding hydrogens is 496 g/mol. The van der Waals surface area contributed by atoms with Gasteiger partial charge in [0.15, 0.2) is 0 Å². The lowest BCUT2D eigenvalue weighted by molar-refractivity contribution is 0.305. The van der Waals surface area contributed by atoms with Crippen LogP contribution in [0, 0.1) is 13.8 Å². The molecule has 0 aliphatic rings. The van der Waals surface area contributed by atoms with Crippen molar-refractivity contribution in [2.45, 2.75) is 101 Å². The zero-order valence-corrected chi connectivity index (χ0v) is 23.4. The Kier molecular flexibility index (Phi) is 13.7. The molecule has 8 heteroatoms. The molecule has 0 aromatic heterocycles. The highest BCUT2D eigenvalue weighted by molar-refractivity contribution is 7.87. The first-order valence-corrected chi connectivity index (χ1v) is 15.9. The van der Waals surface area contributed by atoms with E-state index in [0.29, 0.717) is 0 Å². The van der Waals surface area contributed by atoms with Crippen LogP contribution in [0.25, 0.3) is 0 Å². The van der Waals surface area contributed by atoms with Crippen LogP contribution in [0.4, 0.5) is 0 Å². The second kappa shape index (κ2) is 16.2. The van der Waals surface area contributed by atoms with Gasteiger partial charge >= 0.3 is 0 Å². The summed E-state index contributed by atoms with van der Waals surface area (Å²) in [6.07, 6.45) is 12.8. The molecule has 0 atom stereocenters. The van der Waals surface area contributed by atoms with Crippen LogP contribution in [0.15, 0.2) is 58.3 Å². The largest absolute Gasteiger partial charge is 0.296 e. The monoisotopic (exact) mass is 538 g/mol. The zero-order chi connectivity index (χ0) is 26.3. The van der Waals surface area contributed by atoms with Crippen molar-refractivity contribution in [1.82, 2.24) is 0 Å². The summed E-state index contributed by atoms with van der Waals surface area (Å²) < 4.78 is 58.8. The minimum atomic E-state index is -3.65. The zero-order valence-electron chi connectivity index (χ0n) is 21.8. The Balaban J connectivity index is 1.37. The van der Waals surface area contributed by atoms with E-state index in [0.717, 1.165) is 62.5 Å². The molecule has 2 aromatic rings. The van der Waals surface area contributed by atoms with Crippen molar-refractivity contribution < 1.29 is 25.2 Å². The number of benzene rings is 2. The Morgan fingerprint density at radius 2 is 0.694 bits per heavy atom. The van der Waals surface area contributed by atoms with Crippen LogP contribution in [0.5, 0.6) is 0 Å². The maximum absolute atomic E-state index is 12.1. The van der Waals surface area contributed by atoms with Crippen LogP contribution in [-0.2, 0) is 28.6 Å². The number of rotatable bonds is 19. The van der Waals surface area contributed by atoms with Crippen molar-refractivity contribution in [3.8, 4) is 0 Å². The fraction of sp³-hybridized carbons (Fsp3) is 0.571. The highest BCUT2D eigenvalue weighted by Gasteiger charge is 2.15. The van der Waals surface area contributed by atoms with Gasteiger partial charge in [-0.05, 0) is 51.0 Å². The lowest BCUT2D eigenvalue weighted by Crippen LogP contribution is -2.07. The first kappa shape index (κ1) is 30.5. The third-order valence-electron chi connectivity index (χ3n) is 6.13. The van der Waals surface area contributed by atoms with Gasteiger partial charge in [0.05, 0.1) is 23.0 Å². The Morgan fingerprint density at radius 3 is 0.972 bits per heavy atom. The van der Waals surface area contributed by atoms with E-state index in [4.69, 9.17) is 8.37 Å². The summed E-state index contributed by atoms with van der Waals surface area (Å²) in [6, 6.07) is 13.4. The highest BCUT2D eigenvalue weighted by Crippen LogP contribution is 2.16. The van der Waals surface area contributed by atoms with Gasteiger partial charge in [-0.2, -0.15) is 16.8 Å². The summed E-state index contributed by atoms with van der Waals surface area (Å²) in [5, 5.41) is 0. The van der Waals surface area contributed by atoms with E-state index in [1.807, 2.05) is 13.8 Å². The molecule has 0 radical (unpaired) electrons. The lowest BCUT2D eigenvalue weighted by Gasteiger charge is -2.07. The molecule has 0 N–H and O–H groups in total. The first-order valence-electron chi connectivity index (χ1n) is 13.1. The van der Waals surface area contributed by atoms with Gasteiger partial charge in [0.1, 0.15) is 0 Å². The smallest absolute Gasteiger partial charge is 0.266 e. The molecule has 0 bridgehead atoms. The van der Waals surface area contributed by atoms with Gasteiger partial charge in [-0.3, -0.25) is 8.37 Å². The Labute approximate surface area is 218 Å². The maximum atomic E-state index is 12.1. The summed E-state index contributed by atoms with van der Waals surface area (Å²) in [5.41, 5.74) is 2.03. The second-order valence-electron chi connectivity index (χ2n) is 9.42. The fourth-order valence-electron chi connectivity index (χ4n) is 3.86. The van der Waals surface area contributed by atoms with Crippen molar-refractivity contribution in [2.75, 3.05) is 13.2 Å². The molecule has 6 nitrogen and oxygen atoms in total. The quantitative estimate of drug-likeness (QED) is 0.140. The molecule has 0 heterocycles. The van der Waals surface area contributed by atoms with Crippen LogP contribution in [0.3, 0.4) is 0 Å². The third kappa shape index (κ3) is 12.0. The van der Waals surface area contributed by atoms with E-state index in [1.165, 1.54) is 25.7 Å². The normalized spacial score (nSPS) is 12.2. The van der Waals surface area contributed by atoms with Crippen LogP contribution in [0.2, 0.25) is 0 Å². The molecule has 2 aromatic carbocycles. The number of unbranched alkanes of at least 4 members (excludes halogenated alkanes) is 11. The van der Waals surface area contributed by atoms with Crippen molar-refractivity contribution in [3.63, 3.8) is 0 Å². The van der Waals surface area contributed by atoms with E-state index in [1.54, 1.807) is 48.5 Å². The van der Waals surface area contributed by atoms with Crippen LogP contribution < -0.4 is 0 Å². The van der Waals surface area contributed by atoms with Gasteiger partial charge in [-0.1, -0.05) is 99.6 Å². The summed E-state index contributed by atoms with van der Waals surface area (Å²) in [6.45, 7) is 4.31. The van der Waals surface area contributed by atoms with Crippen molar-refractivity contribution in [2.24, 2.45) is 0 Å². The van der Waals surface area contributed by atoms with E-state index in [9.17, 15) is 16.8 Å². The molecule has 2 rings (SSSR count). The number of hydrogen-bond acceptors (Lipinski definition) is 6. The molecule has 0 saturated heterocycles. The van der Waals surface area contributed by atoms with E-state index >= 15 is 0 Å². The highest BCUT2D eigenvalue weighted by atomic mass is 32.2. The summed E-state index contributed by atoms with van der Waals surface area (Å²) in [7, 11) is -7.30. The van der Waals surface area contributed by atoms with Crippen LogP contribution in [0.1, 0.15) is 88.2 Å². The third-order valence-corrected chi connectivity index (χ3v) is 8.79. The van der Waals surface area contributed by atoms with E-state index in [2.05, 4.69) is 0 Å². The van der Waals surface area contributed by atoms with Crippen molar-refractivity contribution >= 4 is 20.2 Å². The van der Waals surface area contributed by atoms with E-state index in [-0.39, 0.29) is 23.0 Å². The van der Waals surface area contributed by atoms with Gasteiger partial charge in [0, 0.05) is 0 Å². The van der Waals surface area contributed by atoms with Crippen molar-refractivity contribution in [1.29, 1.82) is 0 Å². The Morgan fingerprint density at radius 1 is 0.444 bits per heavy atom. The summed E-state index contributed by atoms with van der Waals surface area (Å²) >= 11 is 0. The molecule has 36 heavy (non-hydrogen) atoms. The molecule has 0 saturated carbocycles. The maximum Gasteiger partial charge on any atom is 0.296 e. The van der Waals surface area contributed by atoms with Crippen molar-refractivity contribution in [3.05, 3.63) is 59.7 Å². The molecule has 0 fully saturated rings. The summed E-state index contributed by atoms with van der Waals surface area (Å²) in [5.74, 6) is 0. The summed E-state index contributed by atoms with van der Waals surface area (Å²) in [4.78, 5) is 0.431. The van der Waals surface area contributed by atoms with Crippen LogP contribution in [-0.4, -0.2) is 30.0 Å². The molecule has 0 aliphatic heterocycles. The molecule has 0 amide bonds. The average molecular weight is 539 g/mol. The molecule has 0 aliphatic carbocycles. The number of aryl methyl sites for hydroxylation is 2. The Hall–Kier alpha value is -1.74. The van der Waals surface area contributed by atoms with Gasteiger partial charge < -0.3 is 0 Å². The average Bonchev–Trinajstić information content (AvgIpc) is 2.84. The lowest BCUT2D eigenvalue weighted by atomic mass is 10.1. The minimum Gasteiger partial charge on any atom is -0.266 e. The molecule has 0 spiro atoms. The predicted molar refractivity (Wildman–Crippen MR) is 144 cm³/mol. The van der Waals surface area contributed by atoms with Gasteiger partial charge in [0.25, 0.3) is 20.2 Å². The predicted octanol–water partition coefficient (Wildman–Crippen LogP) is 7.10. The topological polar surface area (TPSA) is 86.7 Å². The molecule has 202 valence electrons. The SMILES string of the molecule is Cc1ccc(S(=O)(=O)OCCCCCCCCCCCCCCOS(=O)(=O)c2ccc(C)cc2)cc1. The van der Waals surface area contributed by atoms with Gasteiger partial charge in [-0.25, -0.2) is 0 Å². The second-order valence-corrected chi connectivity index (χ2v) is 12.7. The minimum absolute atomic E-state index is 0.215.